The van der Waals surface area contributed by atoms with Gasteiger partial charge in [-0.3, -0.25) is 9.59 Å². The van der Waals surface area contributed by atoms with Crippen LogP contribution in [0.4, 0.5) is 5.69 Å². The number of ether oxygens (including phenoxy) is 1. The number of esters is 1. The number of benzene rings is 1. The normalized spacial score (nSPS) is 32.3. The van der Waals surface area contributed by atoms with Gasteiger partial charge < -0.3 is 15.0 Å². The van der Waals surface area contributed by atoms with Crippen molar-refractivity contribution < 1.29 is 19.1 Å². The summed E-state index contributed by atoms with van der Waals surface area (Å²) in [6.07, 6.45) is 11.7. The van der Waals surface area contributed by atoms with Gasteiger partial charge in [-0.15, -0.1) is 0 Å². The van der Waals surface area contributed by atoms with Crippen molar-refractivity contribution >= 4 is 29.5 Å². The molecular weight excluding hydrogens is 416 g/mol. The lowest BCUT2D eigenvalue weighted by molar-refractivity contribution is -0.160. The highest BCUT2D eigenvalue weighted by Crippen LogP contribution is 2.60. The molecule has 2 amide bonds. The Kier molecular flexibility index (Phi) is 6.02. The smallest absolute Gasteiger partial charge is 0.330 e. The van der Waals surface area contributed by atoms with E-state index in [0.717, 1.165) is 37.7 Å². The van der Waals surface area contributed by atoms with Gasteiger partial charge in [0, 0.05) is 18.3 Å². The molecule has 176 valence electrons. The lowest BCUT2D eigenvalue weighted by Gasteiger charge is -2.56. The third kappa shape index (κ3) is 4.44. The molecule has 1 saturated heterocycles. The maximum absolute atomic E-state index is 13.8. The van der Waals surface area contributed by atoms with Gasteiger partial charge in [0.1, 0.15) is 6.04 Å². The summed E-state index contributed by atoms with van der Waals surface area (Å²) in [5.74, 6) is 1.92. The van der Waals surface area contributed by atoms with Gasteiger partial charge in [-0.1, -0.05) is 12.1 Å². The minimum Gasteiger partial charge on any atom is -0.463 e. The molecule has 4 saturated carbocycles. The maximum Gasteiger partial charge on any atom is 0.330 e. The lowest BCUT2D eigenvalue weighted by atomic mass is 9.49. The molecule has 0 radical (unpaired) electrons. The van der Waals surface area contributed by atoms with E-state index in [1.54, 1.807) is 13.0 Å². The fourth-order valence-electron chi connectivity index (χ4n) is 7.22. The molecule has 4 aliphatic carbocycles. The molecule has 5 fully saturated rings. The summed E-state index contributed by atoms with van der Waals surface area (Å²) in [6.45, 7) is 2.80. The number of nitrogens with zero attached hydrogens (tertiary/aromatic N) is 1. The summed E-state index contributed by atoms with van der Waals surface area (Å²) in [5.41, 5.74) is 1.34. The van der Waals surface area contributed by atoms with Gasteiger partial charge >= 0.3 is 5.97 Å². The molecule has 6 heteroatoms. The number of carbonyl (C=O) groups is 3. The van der Waals surface area contributed by atoms with Crippen molar-refractivity contribution in [3.8, 4) is 0 Å². The molecule has 33 heavy (non-hydrogen) atoms. The first-order valence-corrected chi connectivity index (χ1v) is 12.5. The average molecular weight is 451 g/mol. The van der Waals surface area contributed by atoms with Crippen LogP contribution >= 0.6 is 0 Å². The van der Waals surface area contributed by atoms with Gasteiger partial charge in [-0.05, 0) is 99.8 Å². The SMILES string of the molecule is CCOC(=O)C=Cc1ccc(NC(=O)C2CCCN2C(=O)C23CC4CC(CC(C4)C2)C3)cc1. The second-order valence-electron chi connectivity index (χ2n) is 10.6. The van der Waals surface area contributed by atoms with E-state index in [9.17, 15) is 14.4 Å². The Morgan fingerprint density at radius 3 is 2.30 bits per heavy atom. The number of likely N-dealkylation sites (tertiary alicyclic amines) is 1. The van der Waals surface area contributed by atoms with Crippen LogP contribution in [0.3, 0.4) is 0 Å². The molecule has 0 aromatic heterocycles. The van der Waals surface area contributed by atoms with E-state index >= 15 is 0 Å². The third-order valence-corrected chi connectivity index (χ3v) is 8.18. The first kappa shape index (κ1) is 22.2. The van der Waals surface area contributed by atoms with Crippen LogP contribution in [0.5, 0.6) is 0 Å². The molecule has 1 N–H and O–H groups in total. The standard InChI is InChI=1S/C27H34N2O4/c1-2-33-24(30)10-7-18-5-8-22(9-6-18)28-25(31)23-4-3-11-29(23)26(32)27-15-19-12-20(16-27)14-21(13-19)17-27/h5-10,19-21,23H,2-4,11-17H2,1H3,(H,28,31). The zero-order chi connectivity index (χ0) is 23.0. The number of anilines is 1. The van der Waals surface area contributed by atoms with Crippen LogP contribution in [0.2, 0.25) is 0 Å². The van der Waals surface area contributed by atoms with Gasteiger partial charge in [-0.25, -0.2) is 4.79 Å². The summed E-state index contributed by atoms with van der Waals surface area (Å²) >= 11 is 0. The highest BCUT2D eigenvalue weighted by Gasteiger charge is 2.56. The van der Waals surface area contributed by atoms with Crippen LogP contribution in [-0.2, 0) is 19.1 Å². The summed E-state index contributed by atoms with van der Waals surface area (Å²) in [5, 5.41) is 3.01. The van der Waals surface area contributed by atoms with E-state index in [0.29, 0.717) is 36.6 Å². The number of rotatable bonds is 6. The van der Waals surface area contributed by atoms with Gasteiger partial charge in [-0.2, -0.15) is 0 Å². The Hall–Kier alpha value is -2.63. The lowest BCUT2D eigenvalue weighted by Crippen LogP contribution is -2.56. The Balaban J connectivity index is 1.23. The quantitative estimate of drug-likeness (QED) is 0.515. The van der Waals surface area contributed by atoms with E-state index < -0.39 is 0 Å². The minimum atomic E-state index is -0.381. The molecular formula is C27H34N2O4. The van der Waals surface area contributed by atoms with E-state index in [1.165, 1.54) is 25.3 Å². The van der Waals surface area contributed by atoms with Crippen LogP contribution in [-0.4, -0.2) is 41.9 Å². The van der Waals surface area contributed by atoms with E-state index in [4.69, 9.17) is 4.74 Å². The third-order valence-electron chi connectivity index (χ3n) is 8.18. The predicted molar refractivity (Wildman–Crippen MR) is 126 cm³/mol. The van der Waals surface area contributed by atoms with E-state index in [2.05, 4.69) is 5.32 Å². The zero-order valence-corrected chi connectivity index (χ0v) is 19.4. The van der Waals surface area contributed by atoms with Crippen LogP contribution in [0.1, 0.15) is 63.9 Å². The molecule has 1 aromatic rings. The van der Waals surface area contributed by atoms with E-state index in [1.807, 2.05) is 29.2 Å². The highest BCUT2D eigenvalue weighted by molar-refractivity contribution is 5.98. The number of amides is 2. The topological polar surface area (TPSA) is 75.7 Å². The second-order valence-corrected chi connectivity index (χ2v) is 10.6. The summed E-state index contributed by atoms with van der Waals surface area (Å²) in [7, 11) is 0. The Morgan fingerprint density at radius 2 is 1.70 bits per heavy atom. The predicted octanol–water partition coefficient (Wildman–Crippen LogP) is 4.41. The highest BCUT2D eigenvalue weighted by atomic mass is 16.5. The second kappa shape index (κ2) is 8.96. The number of hydrogen-bond donors (Lipinski definition) is 1. The largest absolute Gasteiger partial charge is 0.463 e. The molecule has 1 atom stereocenters. The van der Waals surface area contributed by atoms with Crippen molar-refractivity contribution in [1.29, 1.82) is 0 Å². The fraction of sp³-hybridized carbons (Fsp3) is 0.593. The van der Waals surface area contributed by atoms with Crippen LogP contribution in [0, 0.1) is 23.2 Å². The molecule has 1 aromatic carbocycles. The number of hydrogen-bond acceptors (Lipinski definition) is 4. The van der Waals surface area contributed by atoms with Gasteiger partial charge in [0.25, 0.3) is 0 Å². The molecule has 1 heterocycles. The zero-order valence-electron chi connectivity index (χ0n) is 19.4. The van der Waals surface area contributed by atoms with Gasteiger partial charge in [0.15, 0.2) is 0 Å². The first-order chi connectivity index (χ1) is 16.0. The van der Waals surface area contributed by atoms with E-state index in [-0.39, 0.29) is 29.2 Å². The number of carbonyl (C=O) groups excluding carboxylic acids is 3. The van der Waals surface area contributed by atoms with Crippen molar-refractivity contribution in [2.45, 2.75) is 64.3 Å². The molecule has 1 aliphatic heterocycles. The Bertz CT molecular complexity index is 916. The number of nitrogens with one attached hydrogen (secondary N) is 1. The minimum absolute atomic E-state index is 0.0969. The van der Waals surface area contributed by atoms with Gasteiger partial charge in [0.05, 0.1) is 12.0 Å². The first-order valence-electron chi connectivity index (χ1n) is 12.5. The molecule has 1 unspecified atom stereocenters. The average Bonchev–Trinajstić information content (AvgIpc) is 3.27. The van der Waals surface area contributed by atoms with Crippen molar-refractivity contribution in [1.82, 2.24) is 4.90 Å². The maximum atomic E-state index is 13.8. The summed E-state index contributed by atoms with van der Waals surface area (Å²) in [4.78, 5) is 40.3. The fourth-order valence-corrected chi connectivity index (χ4v) is 7.22. The molecule has 0 spiro atoms. The summed E-state index contributed by atoms with van der Waals surface area (Å²) < 4.78 is 4.89. The van der Waals surface area contributed by atoms with Crippen molar-refractivity contribution in [2.75, 3.05) is 18.5 Å². The summed E-state index contributed by atoms with van der Waals surface area (Å²) in [6, 6.07) is 6.96. The Morgan fingerprint density at radius 1 is 1.06 bits per heavy atom. The molecule has 4 bridgehead atoms. The monoisotopic (exact) mass is 450 g/mol. The van der Waals surface area contributed by atoms with Gasteiger partial charge in [0.2, 0.25) is 11.8 Å². The van der Waals surface area contributed by atoms with Crippen molar-refractivity contribution in [3.05, 3.63) is 35.9 Å². The van der Waals surface area contributed by atoms with Crippen molar-refractivity contribution in [2.24, 2.45) is 23.2 Å². The Labute approximate surface area is 195 Å². The molecule has 5 aliphatic rings. The van der Waals surface area contributed by atoms with Crippen molar-refractivity contribution in [3.63, 3.8) is 0 Å². The van der Waals surface area contributed by atoms with Crippen LogP contribution in [0.15, 0.2) is 30.3 Å². The van der Waals surface area contributed by atoms with Crippen LogP contribution in [0.25, 0.3) is 6.08 Å². The molecule has 6 rings (SSSR count). The molecule has 6 nitrogen and oxygen atoms in total. The van der Waals surface area contributed by atoms with Crippen LogP contribution < -0.4 is 5.32 Å².